The highest BCUT2D eigenvalue weighted by Crippen LogP contribution is 2.30. The summed E-state index contributed by atoms with van der Waals surface area (Å²) in [6.45, 7) is 1.84. The highest BCUT2D eigenvalue weighted by molar-refractivity contribution is 5.94. The number of phenols is 2. The van der Waals surface area contributed by atoms with Crippen molar-refractivity contribution in [1.29, 1.82) is 0 Å². The van der Waals surface area contributed by atoms with Crippen molar-refractivity contribution in [3.63, 3.8) is 0 Å². The molecule has 0 aliphatic carbocycles. The molecule has 1 aliphatic rings. The second-order valence-electron chi connectivity index (χ2n) is 5.87. The van der Waals surface area contributed by atoms with E-state index in [1.165, 1.54) is 6.07 Å². The maximum absolute atomic E-state index is 12.3. The number of benzene rings is 1. The summed E-state index contributed by atoms with van der Waals surface area (Å²) in [5, 5.41) is 19.7. The van der Waals surface area contributed by atoms with E-state index in [4.69, 9.17) is 4.74 Å². The number of carbonyl (C=O) groups excluding carboxylic acids is 1. The largest absolute Gasteiger partial charge is 0.508 e. The Morgan fingerprint density at radius 1 is 1.09 bits per heavy atom. The molecule has 0 radical (unpaired) electrons. The summed E-state index contributed by atoms with van der Waals surface area (Å²) in [5.41, 5.74) is 0.841. The summed E-state index contributed by atoms with van der Waals surface area (Å²) in [6, 6.07) is 2.74. The molecule has 0 saturated heterocycles. The number of hydrogen-bond donors (Lipinski definition) is 2. The fourth-order valence-electron chi connectivity index (χ4n) is 2.73. The van der Waals surface area contributed by atoms with Gasteiger partial charge in [-0.3, -0.25) is 0 Å². The van der Waals surface area contributed by atoms with E-state index in [-0.39, 0.29) is 23.2 Å². The predicted molar refractivity (Wildman–Crippen MR) is 85.2 cm³/mol. The average molecular weight is 304 g/mol. The van der Waals surface area contributed by atoms with Crippen LogP contribution in [0.5, 0.6) is 11.5 Å². The highest BCUT2D eigenvalue weighted by atomic mass is 16.5. The number of phenolic OH excluding ortho intramolecular Hbond substituents is 2. The Kier molecular flexibility index (Phi) is 5.87. The molecule has 0 aromatic heterocycles. The van der Waals surface area contributed by atoms with Gasteiger partial charge in [-0.25, -0.2) is 4.79 Å². The van der Waals surface area contributed by atoms with Crippen molar-refractivity contribution < 1.29 is 19.7 Å². The first-order valence-electron chi connectivity index (χ1n) is 7.98. The maximum Gasteiger partial charge on any atom is 0.342 e. The van der Waals surface area contributed by atoms with Crippen molar-refractivity contribution in [3.8, 4) is 11.5 Å². The van der Waals surface area contributed by atoms with Crippen LogP contribution in [-0.4, -0.2) is 22.3 Å². The number of esters is 1. The molecule has 1 atom stereocenters. The summed E-state index contributed by atoms with van der Waals surface area (Å²) in [5.74, 6) is -0.763. The van der Waals surface area contributed by atoms with Gasteiger partial charge in [0.25, 0.3) is 0 Å². The summed E-state index contributed by atoms with van der Waals surface area (Å²) in [6.07, 6.45) is 10.6. The summed E-state index contributed by atoms with van der Waals surface area (Å²) >= 11 is 0. The van der Waals surface area contributed by atoms with Crippen molar-refractivity contribution in [2.24, 2.45) is 0 Å². The van der Waals surface area contributed by atoms with Gasteiger partial charge < -0.3 is 14.9 Å². The lowest BCUT2D eigenvalue weighted by Gasteiger charge is -2.16. The van der Waals surface area contributed by atoms with Crippen LogP contribution in [0.3, 0.4) is 0 Å². The number of cyclic esters (lactones) is 1. The van der Waals surface area contributed by atoms with Gasteiger partial charge in [-0.15, -0.1) is 0 Å². The van der Waals surface area contributed by atoms with E-state index in [9.17, 15) is 15.0 Å². The minimum Gasteiger partial charge on any atom is -0.508 e. The van der Waals surface area contributed by atoms with E-state index in [0.29, 0.717) is 18.4 Å². The second kappa shape index (κ2) is 7.87. The lowest BCUT2D eigenvalue weighted by molar-refractivity contribution is 0.0343. The van der Waals surface area contributed by atoms with Gasteiger partial charge in [0.15, 0.2) is 0 Å². The number of hydrogen-bond acceptors (Lipinski definition) is 4. The van der Waals surface area contributed by atoms with Crippen LogP contribution >= 0.6 is 0 Å². The minimum absolute atomic E-state index is 0.0267. The van der Waals surface area contributed by atoms with Gasteiger partial charge in [0.05, 0.1) is 0 Å². The van der Waals surface area contributed by atoms with E-state index < -0.39 is 5.97 Å². The van der Waals surface area contributed by atoms with Crippen molar-refractivity contribution in [2.45, 2.75) is 58.0 Å². The van der Waals surface area contributed by atoms with Crippen molar-refractivity contribution in [3.05, 3.63) is 35.4 Å². The molecule has 0 unspecified atom stereocenters. The third kappa shape index (κ3) is 4.52. The molecule has 120 valence electrons. The van der Waals surface area contributed by atoms with E-state index in [2.05, 4.69) is 6.08 Å². The van der Waals surface area contributed by atoms with E-state index in [1.807, 2.05) is 13.0 Å². The van der Waals surface area contributed by atoms with Crippen LogP contribution in [0.2, 0.25) is 0 Å². The van der Waals surface area contributed by atoms with Gasteiger partial charge in [-0.05, 0) is 44.2 Å². The fraction of sp³-hybridized carbons (Fsp3) is 0.500. The molecule has 4 nitrogen and oxygen atoms in total. The zero-order valence-electron chi connectivity index (χ0n) is 13.0. The standard InChI is InChI=1S/C18H24O4/c1-13-9-7-5-3-2-4-6-8-10-14-11-15(19)12-16(20)17(14)18(21)22-13/h5,7,11-13,19-20H,2-4,6,8-10H2,1H3/b7-5+/t13-/m0/s1. The van der Waals surface area contributed by atoms with Crippen LogP contribution in [0.25, 0.3) is 0 Å². The average Bonchev–Trinajstić information content (AvgIpc) is 2.43. The smallest absolute Gasteiger partial charge is 0.342 e. The van der Waals surface area contributed by atoms with E-state index in [0.717, 1.165) is 32.1 Å². The van der Waals surface area contributed by atoms with Crippen LogP contribution in [0, 0.1) is 0 Å². The minimum atomic E-state index is -0.523. The molecule has 0 saturated carbocycles. The van der Waals surface area contributed by atoms with Gasteiger partial charge in [-0.1, -0.05) is 25.0 Å². The Morgan fingerprint density at radius 2 is 1.86 bits per heavy atom. The van der Waals surface area contributed by atoms with Crippen LogP contribution in [-0.2, 0) is 11.2 Å². The Hall–Kier alpha value is -1.97. The van der Waals surface area contributed by atoms with Gasteiger partial charge in [0, 0.05) is 12.5 Å². The molecule has 0 amide bonds. The number of carbonyl (C=O) groups is 1. The van der Waals surface area contributed by atoms with Gasteiger partial charge in [0.2, 0.25) is 0 Å². The SMILES string of the molecule is C[C@H]1C/C=C/CCCCCCc2cc(O)cc(O)c2C(=O)O1. The van der Waals surface area contributed by atoms with Gasteiger partial charge >= 0.3 is 5.97 Å². The quantitative estimate of drug-likeness (QED) is 0.559. The molecule has 4 heteroatoms. The molecule has 22 heavy (non-hydrogen) atoms. The summed E-state index contributed by atoms with van der Waals surface area (Å²) in [4.78, 5) is 12.3. The first-order valence-corrected chi connectivity index (χ1v) is 7.98. The molecule has 0 bridgehead atoms. The Bertz CT molecular complexity index is 548. The number of ether oxygens (including phenoxy) is 1. The van der Waals surface area contributed by atoms with Crippen LogP contribution < -0.4 is 0 Å². The second-order valence-corrected chi connectivity index (χ2v) is 5.87. The Morgan fingerprint density at radius 3 is 2.68 bits per heavy atom. The molecule has 0 spiro atoms. The molecule has 2 N–H and O–H groups in total. The number of rotatable bonds is 0. The molecule has 1 heterocycles. The number of allylic oxidation sites excluding steroid dienone is 1. The fourth-order valence-corrected chi connectivity index (χ4v) is 2.73. The van der Waals surface area contributed by atoms with Crippen molar-refractivity contribution in [1.82, 2.24) is 0 Å². The lowest BCUT2D eigenvalue weighted by Crippen LogP contribution is -2.16. The van der Waals surface area contributed by atoms with Crippen LogP contribution in [0.15, 0.2) is 24.3 Å². The van der Waals surface area contributed by atoms with Crippen LogP contribution in [0.4, 0.5) is 0 Å². The van der Waals surface area contributed by atoms with E-state index >= 15 is 0 Å². The molecule has 1 aromatic rings. The molecule has 1 aliphatic heterocycles. The maximum atomic E-state index is 12.3. The van der Waals surface area contributed by atoms with Gasteiger partial charge in [0.1, 0.15) is 23.2 Å². The monoisotopic (exact) mass is 304 g/mol. The molecular weight excluding hydrogens is 280 g/mol. The normalized spacial score (nSPS) is 22.2. The zero-order chi connectivity index (χ0) is 15.9. The van der Waals surface area contributed by atoms with Crippen molar-refractivity contribution >= 4 is 5.97 Å². The summed E-state index contributed by atoms with van der Waals surface area (Å²) < 4.78 is 5.41. The van der Waals surface area contributed by atoms with Gasteiger partial charge in [-0.2, -0.15) is 0 Å². The first kappa shape index (κ1) is 16.4. The Balaban J connectivity index is 2.26. The van der Waals surface area contributed by atoms with E-state index in [1.54, 1.807) is 6.07 Å². The lowest BCUT2D eigenvalue weighted by atomic mass is 9.99. The topological polar surface area (TPSA) is 66.8 Å². The molecule has 0 fully saturated rings. The zero-order valence-corrected chi connectivity index (χ0v) is 13.0. The highest BCUT2D eigenvalue weighted by Gasteiger charge is 2.21. The Labute approximate surface area is 131 Å². The molecule has 1 aromatic carbocycles. The summed E-state index contributed by atoms with van der Waals surface area (Å²) in [7, 11) is 0. The predicted octanol–water partition coefficient (Wildman–Crippen LogP) is 4.10. The number of aryl methyl sites for hydroxylation is 1. The third-order valence-electron chi connectivity index (χ3n) is 3.90. The molecule has 2 rings (SSSR count). The third-order valence-corrected chi connectivity index (χ3v) is 3.90. The number of aromatic hydroxyl groups is 2. The van der Waals surface area contributed by atoms with Crippen molar-refractivity contribution in [2.75, 3.05) is 0 Å². The van der Waals surface area contributed by atoms with Crippen LogP contribution in [0.1, 0.15) is 61.4 Å². The first-order chi connectivity index (χ1) is 10.6. The number of fused-ring (bicyclic) bond motifs is 1. The molecular formula is C18H24O4.